The average Bonchev–Trinajstić information content (AvgIpc) is 3.32. The van der Waals surface area contributed by atoms with Gasteiger partial charge in [0, 0.05) is 63.1 Å². The third kappa shape index (κ3) is 6.64. The molecule has 2 aliphatic heterocycles. The Balaban J connectivity index is 0.00000280. The minimum Gasteiger partial charge on any atom is -0.383 e. The zero-order valence-electron chi connectivity index (χ0n) is 16.9. The molecule has 0 radical (unpaired) electrons. The van der Waals surface area contributed by atoms with E-state index in [0.29, 0.717) is 12.1 Å². The van der Waals surface area contributed by atoms with E-state index < -0.39 is 0 Å². The standard InChI is InChI=1S/C20H32ClN5O.HI/c1-22-20(23-14-19-7-4-9-25(19)11-12-27-2)24-17-8-10-26(15-17)18-6-3-5-16(21)13-18;/h3,5-6,13,17,19H,4,7-12,14-15H2,1-2H3,(H2,22,23,24);1H. The quantitative estimate of drug-likeness (QED) is 0.328. The van der Waals surface area contributed by atoms with Crippen LogP contribution in [0.3, 0.4) is 0 Å². The first-order chi connectivity index (χ1) is 13.2. The molecule has 1 aromatic rings. The highest BCUT2D eigenvalue weighted by atomic mass is 127. The number of nitrogens with zero attached hydrogens (tertiary/aromatic N) is 3. The second-order valence-corrected chi connectivity index (χ2v) is 7.77. The topological polar surface area (TPSA) is 52.1 Å². The number of nitrogens with one attached hydrogen (secondary N) is 2. The molecule has 0 saturated carbocycles. The first-order valence-corrected chi connectivity index (χ1v) is 10.3. The summed E-state index contributed by atoms with van der Waals surface area (Å²) < 4.78 is 5.23. The number of rotatable bonds is 7. The summed E-state index contributed by atoms with van der Waals surface area (Å²) in [5.41, 5.74) is 1.19. The molecule has 3 rings (SSSR count). The SMILES string of the molecule is CN=C(NCC1CCCN1CCOC)NC1CCN(c2cccc(Cl)c2)C1.I. The number of aliphatic imine (C=N–C) groups is 1. The molecule has 0 aliphatic carbocycles. The summed E-state index contributed by atoms with van der Waals surface area (Å²) in [6.45, 7) is 5.89. The van der Waals surface area contributed by atoms with E-state index in [-0.39, 0.29) is 24.0 Å². The average molecular weight is 522 g/mol. The second kappa shape index (κ2) is 12.0. The number of guanidine groups is 1. The number of ether oxygens (including phenoxy) is 1. The molecule has 1 aromatic carbocycles. The Morgan fingerprint density at radius 2 is 2.18 bits per heavy atom. The highest BCUT2D eigenvalue weighted by molar-refractivity contribution is 14.0. The molecule has 158 valence electrons. The number of anilines is 1. The molecule has 2 unspecified atom stereocenters. The van der Waals surface area contributed by atoms with Crippen molar-refractivity contribution in [2.24, 2.45) is 4.99 Å². The zero-order valence-corrected chi connectivity index (χ0v) is 20.0. The molecule has 2 saturated heterocycles. The van der Waals surface area contributed by atoms with Crippen LogP contribution >= 0.6 is 35.6 Å². The van der Waals surface area contributed by atoms with Crippen LogP contribution in [0.5, 0.6) is 0 Å². The number of hydrogen-bond donors (Lipinski definition) is 2. The molecular weight excluding hydrogens is 489 g/mol. The molecule has 6 nitrogen and oxygen atoms in total. The van der Waals surface area contributed by atoms with Gasteiger partial charge in [-0.15, -0.1) is 24.0 Å². The smallest absolute Gasteiger partial charge is 0.191 e. The van der Waals surface area contributed by atoms with Gasteiger partial charge in [-0.25, -0.2) is 0 Å². The van der Waals surface area contributed by atoms with E-state index in [1.165, 1.54) is 25.1 Å². The molecule has 0 amide bonds. The number of likely N-dealkylation sites (tertiary alicyclic amines) is 1. The van der Waals surface area contributed by atoms with Gasteiger partial charge < -0.3 is 20.3 Å². The third-order valence-corrected chi connectivity index (χ3v) is 5.75. The lowest BCUT2D eigenvalue weighted by Gasteiger charge is -2.26. The van der Waals surface area contributed by atoms with Crippen LogP contribution in [0.25, 0.3) is 0 Å². The van der Waals surface area contributed by atoms with Crippen LogP contribution in [0, 0.1) is 0 Å². The van der Waals surface area contributed by atoms with Gasteiger partial charge in [0.15, 0.2) is 5.96 Å². The Kier molecular flexibility index (Phi) is 10.1. The van der Waals surface area contributed by atoms with Crippen LogP contribution in [0.4, 0.5) is 5.69 Å². The third-order valence-electron chi connectivity index (χ3n) is 5.51. The van der Waals surface area contributed by atoms with Crippen molar-refractivity contribution >= 4 is 47.2 Å². The van der Waals surface area contributed by atoms with E-state index in [4.69, 9.17) is 16.3 Å². The predicted molar refractivity (Wildman–Crippen MR) is 128 cm³/mol. The van der Waals surface area contributed by atoms with Gasteiger partial charge in [0.1, 0.15) is 0 Å². The van der Waals surface area contributed by atoms with E-state index in [9.17, 15) is 0 Å². The van der Waals surface area contributed by atoms with Crippen LogP contribution in [-0.4, -0.2) is 76.4 Å². The van der Waals surface area contributed by atoms with Crippen molar-refractivity contribution in [1.82, 2.24) is 15.5 Å². The fourth-order valence-electron chi connectivity index (χ4n) is 4.02. The summed E-state index contributed by atoms with van der Waals surface area (Å²) in [4.78, 5) is 9.31. The van der Waals surface area contributed by atoms with E-state index in [2.05, 4.69) is 31.5 Å². The van der Waals surface area contributed by atoms with Crippen LogP contribution in [0.15, 0.2) is 29.3 Å². The molecule has 0 spiro atoms. The number of hydrogen-bond acceptors (Lipinski definition) is 4. The summed E-state index contributed by atoms with van der Waals surface area (Å²) in [6.07, 6.45) is 3.59. The first kappa shape index (κ1) is 23.5. The van der Waals surface area contributed by atoms with Crippen molar-refractivity contribution in [3.8, 4) is 0 Å². The first-order valence-electron chi connectivity index (χ1n) is 9.90. The Bertz CT molecular complexity index is 632. The van der Waals surface area contributed by atoms with Crippen molar-refractivity contribution in [3.63, 3.8) is 0 Å². The number of halogens is 2. The highest BCUT2D eigenvalue weighted by Crippen LogP contribution is 2.23. The van der Waals surface area contributed by atoms with E-state index in [1.807, 2.05) is 25.2 Å². The van der Waals surface area contributed by atoms with Crippen molar-refractivity contribution < 1.29 is 4.74 Å². The van der Waals surface area contributed by atoms with Gasteiger partial charge >= 0.3 is 0 Å². The molecule has 2 heterocycles. The van der Waals surface area contributed by atoms with Gasteiger partial charge in [0.2, 0.25) is 0 Å². The number of benzene rings is 1. The Labute approximate surface area is 191 Å². The zero-order chi connectivity index (χ0) is 19.1. The molecule has 0 bridgehead atoms. The maximum atomic E-state index is 6.13. The van der Waals surface area contributed by atoms with Gasteiger partial charge in [-0.1, -0.05) is 17.7 Å². The highest BCUT2D eigenvalue weighted by Gasteiger charge is 2.26. The Hall–Kier alpha value is -0.770. The molecule has 8 heteroatoms. The molecule has 2 fully saturated rings. The van der Waals surface area contributed by atoms with Crippen molar-refractivity contribution in [1.29, 1.82) is 0 Å². The molecule has 2 atom stereocenters. The van der Waals surface area contributed by atoms with Crippen molar-refractivity contribution in [3.05, 3.63) is 29.3 Å². The largest absolute Gasteiger partial charge is 0.383 e. The Morgan fingerprint density at radius 3 is 2.93 bits per heavy atom. The molecule has 2 N–H and O–H groups in total. The minimum absolute atomic E-state index is 0. The summed E-state index contributed by atoms with van der Waals surface area (Å²) in [6, 6.07) is 9.03. The predicted octanol–water partition coefficient (Wildman–Crippen LogP) is 2.81. The monoisotopic (exact) mass is 521 g/mol. The maximum Gasteiger partial charge on any atom is 0.191 e. The second-order valence-electron chi connectivity index (χ2n) is 7.33. The lowest BCUT2D eigenvalue weighted by Crippen LogP contribution is -2.48. The summed E-state index contributed by atoms with van der Waals surface area (Å²) in [5, 5.41) is 7.90. The lowest BCUT2D eigenvalue weighted by molar-refractivity contribution is 0.141. The summed E-state index contributed by atoms with van der Waals surface area (Å²) >= 11 is 6.13. The molecule has 0 aromatic heterocycles. The van der Waals surface area contributed by atoms with Crippen LogP contribution < -0.4 is 15.5 Å². The van der Waals surface area contributed by atoms with E-state index in [0.717, 1.165) is 50.2 Å². The maximum absolute atomic E-state index is 6.13. The lowest BCUT2D eigenvalue weighted by atomic mass is 10.2. The van der Waals surface area contributed by atoms with Gasteiger partial charge in [-0.05, 0) is 44.0 Å². The molecule has 2 aliphatic rings. The van der Waals surface area contributed by atoms with Crippen molar-refractivity contribution in [2.45, 2.75) is 31.3 Å². The van der Waals surface area contributed by atoms with Crippen LogP contribution in [-0.2, 0) is 4.74 Å². The van der Waals surface area contributed by atoms with Gasteiger partial charge in [-0.2, -0.15) is 0 Å². The molecular formula is C20H33ClIN5O. The van der Waals surface area contributed by atoms with E-state index in [1.54, 1.807) is 7.11 Å². The van der Waals surface area contributed by atoms with Crippen LogP contribution in [0.1, 0.15) is 19.3 Å². The summed E-state index contributed by atoms with van der Waals surface area (Å²) in [7, 11) is 3.61. The Morgan fingerprint density at radius 1 is 1.32 bits per heavy atom. The van der Waals surface area contributed by atoms with Crippen molar-refractivity contribution in [2.75, 3.05) is 58.4 Å². The van der Waals surface area contributed by atoms with Crippen LogP contribution in [0.2, 0.25) is 5.02 Å². The normalized spacial score (nSPS) is 23.0. The molecule has 28 heavy (non-hydrogen) atoms. The van der Waals surface area contributed by atoms with Gasteiger partial charge in [0.25, 0.3) is 0 Å². The minimum atomic E-state index is 0. The summed E-state index contributed by atoms with van der Waals surface area (Å²) in [5.74, 6) is 0.895. The fraction of sp³-hybridized carbons (Fsp3) is 0.650. The van der Waals surface area contributed by atoms with Gasteiger partial charge in [-0.3, -0.25) is 9.89 Å². The van der Waals surface area contributed by atoms with E-state index >= 15 is 0 Å². The number of methoxy groups -OCH3 is 1. The van der Waals surface area contributed by atoms with Gasteiger partial charge in [0.05, 0.1) is 6.61 Å². The fourth-order valence-corrected chi connectivity index (χ4v) is 4.20.